The molecule has 2 saturated heterocycles. The first-order chi connectivity index (χ1) is 12.7. The Morgan fingerprint density at radius 2 is 1.88 bits per heavy atom. The molecule has 3 heterocycles. The maximum atomic E-state index is 12.9. The summed E-state index contributed by atoms with van der Waals surface area (Å²) in [6.45, 7) is 2.94. The Kier molecular flexibility index (Phi) is 4.96. The topological polar surface area (TPSA) is 68.5 Å². The van der Waals surface area contributed by atoms with Crippen molar-refractivity contribution in [3.63, 3.8) is 0 Å². The van der Waals surface area contributed by atoms with Crippen LogP contribution in [0.5, 0.6) is 0 Å². The number of nitrogens with zero attached hydrogens (tertiary/aromatic N) is 2. The largest absolute Gasteiger partial charge is 0.381 e. The van der Waals surface area contributed by atoms with Gasteiger partial charge in [-0.2, -0.15) is 0 Å². The summed E-state index contributed by atoms with van der Waals surface area (Å²) < 4.78 is 5.40. The number of aromatic nitrogens is 1. The summed E-state index contributed by atoms with van der Waals surface area (Å²) in [4.78, 5) is 19.5. The van der Waals surface area contributed by atoms with E-state index in [4.69, 9.17) is 10.5 Å². The number of piperidine rings is 1. The second kappa shape index (κ2) is 7.37. The fourth-order valence-electron chi connectivity index (χ4n) is 4.27. The Balaban J connectivity index is 1.56. The van der Waals surface area contributed by atoms with Gasteiger partial charge < -0.3 is 15.4 Å². The third kappa shape index (κ3) is 3.23. The Bertz CT molecular complexity index is 747. The van der Waals surface area contributed by atoms with Crippen LogP contribution in [0.3, 0.4) is 0 Å². The first-order valence-corrected chi connectivity index (χ1v) is 10.2. The van der Waals surface area contributed by atoms with E-state index in [0.717, 1.165) is 44.5 Å². The summed E-state index contributed by atoms with van der Waals surface area (Å²) in [5.74, 6) is 0.427. The van der Waals surface area contributed by atoms with E-state index in [2.05, 4.69) is 34.6 Å². The number of rotatable bonds is 3. The zero-order valence-corrected chi connectivity index (χ0v) is 15.7. The lowest BCUT2D eigenvalue weighted by Gasteiger charge is -2.42. The number of thiazole rings is 1. The van der Waals surface area contributed by atoms with Crippen LogP contribution in [-0.2, 0) is 14.9 Å². The molecule has 2 N–H and O–H groups in total. The molecule has 6 heteroatoms. The number of hydrogen-bond acceptors (Lipinski definition) is 5. The van der Waals surface area contributed by atoms with Crippen LogP contribution < -0.4 is 5.73 Å². The minimum absolute atomic E-state index is 0.128. The van der Waals surface area contributed by atoms with Crippen molar-refractivity contribution in [3.8, 4) is 0 Å². The van der Waals surface area contributed by atoms with E-state index >= 15 is 0 Å². The second-order valence-electron chi connectivity index (χ2n) is 7.23. The van der Waals surface area contributed by atoms with Crippen LogP contribution in [0.2, 0.25) is 0 Å². The van der Waals surface area contributed by atoms with Crippen molar-refractivity contribution >= 4 is 22.4 Å². The third-order valence-electron chi connectivity index (χ3n) is 5.84. The van der Waals surface area contributed by atoms with Gasteiger partial charge in [0.15, 0.2) is 5.13 Å². The van der Waals surface area contributed by atoms with Crippen molar-refractivity contribution in [2.24, 2.45) is 5.92 Å². The molecule has 4 rings (SSSR count). The molecule has 2 aromatic rings. The number of amides is 1. The van der Waals surface area contributed by atoms with Gasteiger partial charge in [0.25, 0.3) is 0 Å². The molecule has 0 aliphatic carbocycles. The number of anilines is 1. The van der Waals surface area contributed by atoms with Gasteiger partial charge in [0, 0.05) is 43.0 Å². The van der Waals surface area contributed by atoms with E-state index < -0.39 is 0 Å². The molecule has 1 aromatic carbocycles. The van der Waals surface area contributed by atoms with Gasteiger partial charge in [0.05, 0.1) is 5.69 Å². The molecule has 26 heavy (non-hydrogen) atoms. The van der Waals surface area contributed by atoms with E-state index in [9.17, 15) is 4.79 Å². The number of nitrogen functional groups attached to an aromatic ring is 1. The molecule has 2 aliphatic heterocycles. The molecule has 2 aliphatic rings. The second-order valence-corrected chi connectivity index (χ2v) is 8.12. The van der Waals surface area contributed by atoms with Crippen molar-refractivity contribution in [1.82, 2.24) is 9.88 Å². The highest BCUT2D eigenvalue weighted by molar-refractivity contribution is 7.13. The van der Waals surface area contributed by atoms with Crippen LogP contribution >= 0.6 is 11.3 Å². The maximum Gasteiger partial charge on any atom is 0.225 e. The van der Waals surface area contributed by atoms with Gasteiger partial charge in [0.1, 0.15) is 0 Å². The van der Waals surface area contributed by atoms with Crippen molar-refractivity contribution in [3.05, 3.63) is 47.0 Å². The molecule has 0 atom stereocenters. The standard InChI is InChI=1S/C20H25N3O2S/c21-19-22-17(14-26-19)20(16-4-2-1-3-5-16)8-10-23(11-9-20)18(24)15-6-12-25-13-7-15/h1-5,14-15H,6-13H2,(H2,21,22). The summed E-state index contributed by atoms with van der Waals surface area (Å²) >= 11 is 1.49. The highest BCUT2D eigenvalue weighted by Crippen LogP contribution is 2.42. The zero-order chi connectivity index (χ0) is 18.0. The van der Waals surface area contributed by atoms with Crippen LogP contribution in [0.25, 0.3) is 0 Å². The molecule has 0 radical (unpaired) electrons. The van der Waals surface area contributed by atoms with Crippen molar-refractivity contribution in [2.45, 2.75) is 31.1 Å². The average Bonchev–Trinajstić information content (AvgIpc) is 3.16. The SMILES string of the molecule is Nc1nc(C2(c3ccccc3)CCN(C(=O)C3CCOCC3)CC2)cs1. The number of ether oxygens (including phenoxy) is 1. The molecular weight excluding hydrogens is 346 g/mol. The summed E-state index contributed by atoms with van der Waals surface area (Å²) in [7, 11) is 0. The van der Waals surface area contributed by atoms with E-state index in [1.165, 1.54) is 16.9 Å². The average molecular weight is 372 g/mol. The van der Waals surface area contributed by atoms with Gasteiger partial charge in [-0.3, -0.25) is 4.79 Å². The van der Waals surface area contributed by atoms with Gasteiger partial charge in [-0.05, 0) is 31.2 Å². The summed E-state index contributed by atoms with van der Waals surface area (Å²) in [5, 5.41) is 2.69. The number of carbonyl (C=O) groups excluding carboxylic acids is 1. The molecule has 0 saturated carbocycles. The van der Waals surface area contributed by atoms with Crippen molar-refractivity contribution in [1.29, 1.82) is 0 Å². The number of carbonyl (C=O) groups is 1. The molecular formula is C20H25N3O2S. The predicted octanol–water partition coefficient (Wildman–Crippen LogP) is 3.06. The quantitative estimate of drug-likeness (QED) is 0.900. The lowest BCUT2D eigenvalue weighted by atomic mass is 9.70. The van der Waals surface area contributed by atoms with Gasteiger partial charge in [-0.1, -0.05) is 30.3 Å². The smallest absolute Gasteiger partial charge is 0.225 e. The van der Waals surface area contributed by atoms with Crippen LogP contribution in [0.1, 0.15) is 36.9 Å². The zero-order valence-electron chi connectivity index (χ0n) is 14.9. The highest BCUT2D eigenvalue weighted by Gasteiger charge is 2.41. The Morgan fingerprint density at radius 3 is 2.50 bits per heavy atom. The summed E-state index contributed by atoms with van der Waals surface area (Å²) in [6.07, 6.45) is 3.47. The minimum atomic E-state index is -0.151. The molecule has 138 valence electrons. The third-order valence-corrected chi connectivity index (χ3v) is 6.51. The molecule has 1 amide bonds. The Hall–Kier alpha value is -1.92. The van der Waals surface area contributed by atoms with Crippen LogP contribution in [0.4, 0.5) is 5.13 Å². The fourth-order valence-corrected chi connectivity index (χ4v) is 4.93. The number of benzene rings is 1. The Labute approximate surface area is 158 Å². The predicted molar refractivity (Wildman–Crippen MR) is 103 cm³/mol. The van der Waals surface area contributed by atoms with Gasteiger partial charge in [-0.15, -0.1) is 11.3 Å². The molecule has 5 nitrogen and oxygen atoms in total. The number of hydrogen-bond donors (Lipinski definition) is 1. The van der Waals surface area contributed by atoms with E-state index in [1.807, 2.05) is 11.0 Å². The van der Waals surface area contributed by atoms with Gasteiger partial charge >= 0.3 is 0 Å². The van der Waals surface area contributed by atoms with Crippen molar-refractivity contribution < 1.29 is 9.53 Å². The molecule has 2 fully saturated rings. The first-order valence-electron chi connectivity index (χ1n) is 9.32. The normalized spacial score (nSPS) is 20.8. The van der Waals surface area contributed by atoms with Crippen molar-refractivity contribution in [2.75, 3.05) is 32.0 Å². The maximum absolute atomic E-state index is 12.9. The van der Waals surface area contributed by atoms with Gasteiger partial charge in [-0.25, -0.2) is 4.98 Å². The number of likely N-dealkylation sites (tertiary alicyclic amines) is 1. The van der Waals surface area contributed by atoms with E-state index in [-0.39, 0.29) is 11.3 Å². The molecule has 0 unspecified atom stereocenters. The number of nitrogens with two attached hydrogens (primary N) is 1. The Morgan fingerprint density at radius 1 is 1.19 bits per heavy atom. The lowest BCUT2D eigenvalue weighted by molar-refractivity contribution is -0.140. The molecule has 1 aromatic heterocycles. The van der Waals surface area contributed by atoms with E-state index in [1.54, 1.807) is 0 Å². The fraction of sp³-hybridized carbons (Fsp3) is 0.500. The lowest BCUT2D eigenvalue weighted by Crippen LogP contribution is -2.48. The molecule has 0 spiro atoms. The highest BCUT2D eigenvalue weighted by atomic mass is 32.1. The first kappa shape index (κ1) is 17.5. The summed E-state index contributed by atoms with van der Waals surface area (Å²) in [6, 6.07) is 10.5. The minimum Gasteiger partial charge on any atom is -0.381 e. The summed E-state index contributed by atoms with van der Waals surface area (Å²) in [5.41, 5.74) is 8.09. The van der Waals surface area contributed by atoms with Gasteiger partial charge in [0.2, 0.25) is 5.91 Å². The van der Waals surface area contributed by atoms with Crippen LogP contribution in [0.15, 0.2) is 35.7 Å². The van der Waals surface area contributed by atoms with Crippen LogP contribution in [-0.4, -0.2) is 42.1 Å². The van der Waals surface area contributed by atoms with Crippen LogP contribution in [0, 0.1) is 5.92 Å². The molecule has 0 bridgehead atoms. The van der Waals surface area contributed by atoms with E-state index in [0.29, 0.717) is 24.3 Å². The monoisotopic (exact) mass is 371 g/mol.